The fourth-order valence-corrected chi connectivity index (χ4v) is 9.20. The van der Waals surface area contributed by atoms with E-state index in [1.807, 2.05) is 182 Å². The van der Waals surface area contributed by atoms with Gasteiger partial charge in [0.05, 0.1) is 57.2 Å². The second-order valence-electron chi connectivity index (χ2n) is 19.1. The van der Waals surface area contributed by atoms with Gasteiger partial charge in [-0.05, 0) is 162 Å². The van der Waals surface area contributed by atoms with Crippen LogP contribution < -0.4 is 0 Å². The topological polar surface area (TPSA) is 120 Å². The molecule has 456 valence electrons. The zero-order chi connectivity index (χ0) is 64.3. The van der Waals surface area contributed by atoms with E-state index in [4.69, 9.17) is 0 Å². The van der Waals surface area contributed by atoms with Crippen molar-refractivity contribution in [2.75, 3.05) is 0 Å². The average Bonchev–Trinajstić information content (AvgIpc) is 4.52. The first-order chi connectivity index (χ1) is 40.2. The van der Waals surface area contributed by atoms with Gasteiger partial charge in [-0.15, -0.1) is 0 Å². The molecule has 0 amide bonds. The first-order valence-electron chi connectivity index (χ1n) is 30.3. The highest BCUT2D eigenvalue weighted by Gasteiger charge is 2.09. The van der Waals surface area contributed by atoms with Gasteiger partial charge in [0, 0.05) is 113 Å². The van der Waals surface area contributed by atoms with E-state index < -0.39 is 0 Å². The summed E-state index contributed by atoms with van der Waals surface area (Å²) in [7, 11) is 12.1. The monoisotopic (exact) mass is 1140 g/mol. The first kappa shape index (κ1) is 74.1. The van der Waals surface area contributed by atoms with Crippen LogP contribution in [-0.4, -0.2) is 63.0 Å². The van der Waals surface area contributed by atoms with Crippen LogP contribution in [0.15, 0.2) is 104 Å². The van der Waals surface area contributed by atoms with Crippen LogP contribution in [0.5, 0.6) is 0 Å². The van der Waals surface area contributed by atoms with Crippen molar-refractivity contribution in [3.8, 4) is 0 Å². The Morgan fingerprint density at radius 3 is 1.11 bits per heavy atom. The zero-order valence-electron chi connectivity index (χ0n) is 57.6. The van der Waals surface area contributed by atoms with Gasteiger partial charge in [0.2, 0.25) is 0 Å². The number of benzene rings is 2. The average molecular weight is 1140 g/mol. The summed E-state index contributed by atoms with van der Waals surface area (Å²) in [5.74, 6) is 0. The molecule has 2 aromatic carbocycles. The minimum atomic E-state index is 0.973. The second kappa shape index (κ2) is 36.6. The second-order valence-corrected chi connectivity index (χ2v) is 19.1. The molecule has 0 aliphatic carbocycles. The van der Waals surface area contributed by atoms with Crippen LogP contribution in [0.2, 0.25) is 0 Å². The largest absolute Gasteiger partial charge is 0.350 e. The van der Waals surface area contributed by atoms with Crippen molar-refractivity contribution in [1.29, 1.82) is 0 Å². The van der Waals surface area contributed by atoms with E-state index in [0.717, 1.165) is 33.3 Å². The molecule has 10 heterocycles. The maximum absolute atomic E-state index is 4.34. The molecule has 13 heteroatoms. The summed E-state index contributed by atoms with van der Waals surface area (Å²) < 4.78 is 12.1. The Morgan fingerprint density at radius 1 is 0.250 bits per heavy atom. The van der Waals surface area contributed by atoms with Crippen LogP contribution in [0.25, 0.3) is 65.7 Å². The Labute approximate surface area is 506 Å². The summed E-state index contributed by atoms with van der Waals surface area (Å²) in [6.07, 6.45) is 19.4. The number of aromatic nitrogens is 13. The number of aryl methyl sites for hydroxylation is 18. The highest BCUT2D eigenvalue weighted by atomic mass is 15.3. The molecule has 0 N–H and O–H groups in total. The van der Waals surface area contributed by atoms with Crippen molar-refractivity contribution >= 4 is 65.7 Å². The highest BCUT2D eigenvalue weighted by Crippen LogP contribution is 2.24. The standard InChI is InChI=1S/C11H13N.3C10H12N2.2C9H11N3.6C2H6/c1-8-4-5-10-6-7-12(3)11(10)9(8)2;1-7-8(2)11-6-9-4-5-12(3)10(7)9;1-7-6-11-9-4-5-12(3)10(9)8(7)2;1-7-4-5-9-6-11-12(3)10(9)8(7)2;1-6-7(2)10-4-8-5-11-12(3)9(6)8;1-6-4-10-8-5-11-12(3)9(8)7(6)2;6*1-2/h4-7H,1-3H3;3*4-6H,1-3H3;2*4-5H,1-3H3;6*1-2H3. The molecule has 0 aliphatic rings. The van der Waals surface area contributed by atoms with Gasteiger partial charge in [0.25, 0.3) is 0 Å². The van der Waals surface area contributed by atoms with Crippen LogP contribution in [0.1, 0.15) is 150 Å². The molecule has 0 atom stereocenters. The summed E-state index contributed by atoms with van der Waals surface area (Å²) >= 11 is 0. The van der Waals surface area contributed by atoms with Crippen LogP contribution >= 0.6 is 0 Å². The number of fused-ring (bicyclic) bond motifs is 6. The highest BCUT2D eigenvalue weighted by molar-refractivity contribution is 5.86. The molecule has 13 nitrogen and oxygen atoms in total. The Kier molecular flexibility index (Phi) is 32.3. The maximum atomic E-state index is 4.34. The first-order valence-corrected chi connectivity index (χ1v) is 30.3. The normalized spacial score (nSPS) is 9.79. The molecule has 0 radical (unpaired) electrons. The number of hydrogen-bond acceptors (Lipinski definition) is 7. The number of rotatable bonds is 0. The molecule has 12 aromatic rings. The fourth-order valence-electron chi connectivity index (χ4n) is 9.20. The van der Waals surface area contributed by atoms with Crippen molar-refractivity contribution in [3.05, 3.63) is 171 Å². The van der Waals surface area contributed by atoms with Crippen molar-refractivity contribution in [2.45, 2.75) is 166 Å². The van der Waals surface area contributed by atoms with E-state index in [1.54, 1.807) is 6.20 Å². The molecule has 0 saturated carbocycles. The smallest absolute Gasteiger partial charge is 0.109 e. The van der Waals surface area contributed by atoms with Crippen molar-refractivity contribution in [2.24, 2.45) is 42.3 Å². The lowest BCUT2D eigenvalue weighted by atomic mass is 10.1. The summed E-state index contributed by atoms with van der Waals surface area (Å²) in [6.45, 7) is 49.2. The lowest BCUT2D eigenvalue weighted by Gasteiger charge is -2.03. The van der Waals surface area contributed by atoms with Crippen molar-refractivity contribution in [3.63, 3.8) is 0 Å². The number of nitrogens with zero attached hydrogens (tertiary/aromatic N) is 13. The van der Waals surface area contributed by atoms with Crippen LogP contribution in [0.3, 0.4) is 0 Å². The molecule has 10 aromatic heterocycles. The Balaban J connectivity index is 0.000000486. The SMILES string of the molecule is CC.CC.CC.CC.CC.CC.Cc1ccc2ccn(C)c2c1C.Cc1ccc2cnn(C)c2c1C.Cc1cnc2ccn(C)c2c1C.Cc1cnc2cnn(C)c2c1C.Cc1ncc2ccn(C)c2c1C.Cc1ncc2cnn(C)c2c1C. The van der Waals surface area contributed by atoms with E-state index >= 15 is 0 Å². The van der Waals surface area contributed by atoms with Crippen LogP contribution in [-0.2, 0) is 42.3 Å². The van der Waals surface area contributed by atoms with Crippen LogP contribution in [0.4, 0.5) is 0 Å². The Morgan fingerprint density at radius 2 is 0.583 bits per heavy atom. The van der Waals surface area contributed by atoms with E-state index in [-0.39, 0.29) is 0 Å². The zero-order valence-corrected chi connectivity index (χ0v) is 57.6. The Bertz CT molecular complexity index is 3220. The van der Waals surface area contributed by atoms with E-state index in [1.165, 1.54) is 99.4 Å². The van der Waals surface area contributed by atoms with Gasteiger partial charge < -0.3 is 13.7 Å². The quantitative estimate of drug-likeness (QED) is 0.148. The van der Waals surface area contributed by atoms with Gasteiger partial charge in [0.15, 0.2) is 0 Å². The molecule has 0 fully saturated rings. The minimum absolute atomic E-state index is 0.973. The summed E-state index contributed by atoms with van der Waals surface area (Å²) in [4.78, 5) is 17.2. The molecular formula is C71H107N13. The lowest BCUT2D eigenvalue weighted by Crippen LogP contribution is -1.94. The van der Waals surface area contributed by atoms with Gasteiger partial charge in [-0.25, -0.2) is 0 Å². The lowest BCUT2D eigenvalue weighted by molar-refractivity contribution is 0.793. The van der Waals surface area contributed by atoms with E-state index in [2.05, 4.69) is 188 Å². The summed E-state index contributed by atoms with van der Waals surface area (Å²) in [6, 6.07) is 14.9. The fraction of sp³-hybridized carbons (Fsp3) is 0.423. The molecule has 0 saturated heterocycles. The van der Waals surface area contributed by atoms with Gasteiger partial charge in [-0.2, -0.15) is 15.3 Å². The molecule has 84 heavy (non-hydrogen) atoms. The number of hydrogen-bond donors (Lipinski definition) is 0. The number of pyridine rings is 4. The molecule has 0 aliphatic heterocycles. The molecule has 0 bridgehead atoms. The molecule has 0 spiro atoms. The van der Waals surface area contributed by atoms with Gasteiger partial charge in [0.1, 0.15) is 5.52 Å². The van der Waals surface area contributed by atoms with Gasteiger partial charge in [-0.3, -0.25) is 34.0 Å². The summed E-state index contributed by atoms with van der Waals surface area (Å²) in [5.41, 5.74) is 24.7. The summed E-state index contributed by atoms with van der Waals surface area (Å²) in [5, 5.41) is 17.4. The molecule has 0 unspecified atom stereocenters. The third kappa shape index (κ3) is 18.0. The van der Waals surface area contributed by atoms with E-state index in [0.29, 0.717) is 0 Å². The van der Waals surface area contributed by atoms with Crippen molar-refractivity contribution < 1.29 is 0 Å². The maximum Gasteiger partial charge on any atom is 0.109 e. The predicted octanol–water partition coefficient (Wildman–Crippen LogP) is 18.7. The van der Waals surface area contributed by atoms with Crippen LogP contribution in [0, 0.1) is 83.1 Å². The van der Waals surface area contributed by atoms with E-state index in [9.17, 15) is 0 Å². The molecular weight excluding hydrogens is 1030 g/mol. The van der Waals surface area contributed by atoms with Gasteiger partial charge >= 0.3 is 0 Å². The van der Waals surface area contributed by atoms with Gasteiger partial charge in [-0.1, -0.05) is 107 Å². The molecule has 12 rings (SSSR count). The predicted molar refractivity (Wildman–Crippen MR) is 367 cm³/mol. The Hall–Kier alpha value is -7.93. The minimum Gasteiger partial charge on any atom is -0.350 e. The van der Waals surface area contributed by atoms with Crippen molar-refractivity contribution in [1.82, 2.24) is 63.0 Å². The third-order valence-electron chi connectivity index (χ3n) is 14.3. The third-order valence-corrected chi connectivity index (χ3v) is 14.3.